The van der Waals surface area contributed by atoms with Crippen molar-refractivity contribution in [3.05, 3.63) is 18.2 Å². The molecule has 1 aromatic rings. The molecule has 0 spiro atoms. The van der Waals surface area contributed by atoms with Gasteiger partial charge in [0.15, 0.2) is 11.5 Å². The van der Waals surface area contributed by atoms with Gasteiger partial charge in [-0.2, -0.15) is 0 Å². The second-order valence-electron chi connectivity index (χ2n) is 5.22. The van der Waals surface area contributed by atoms with E-state index in [0.29, 0.717) is 18.0 Å². The Balaban J connectivity index is 2.50. The van der Waals surface area contributed by atoms with Crippen molar-refractivity contribution < 1.29 is 14.3 Å². The van der Waals surface area contributed by atoms with E-state index in [1.165, 1.54) is 11.8 Å². The topological polar surface area (TPSA) is 50.8 Å². The van der Waals surface area contributed by atoms with Gasteiger partial charge in [0.1, 0.15) is 0 Å². The Bertz CT molecular complexity index is 480. The van der Waals surface area contributed by atoms with Gasteiger partial charge in [0.05, 0.1) is 19.5 Å². The van der Waals surface area contributed by atoms with Gasteiger partial charge in [0, 0.05) is 11.4 Å². The van der Waals surface area contributed by atoms with Gasteiger partial charge in [-0.25, -0.2) is 0 Å². The van der Waals surface area contributed by atoms with E-state index >= 15 is 0 Å². The Kier molecular flexibility index (Phi) is 8.12. The molecule has 5 nitrogen and oxygen atoms in total. The highest BCUT2D eigenvalue weighted by Gasteiger charge is 2.15. The zero-order valence-electron chi connectivity index (χ0n) is 14.0. The smallest absolute Gasteiger partial charge is 0.233 e. The number of carbonyl (C=O) groups excluding carboxylic acids is 1. The Hall–Kier alpha value is -1.40. The summed E-state index contributed by atoms with van der Waals surface area (Å²) in [6, 6.07) is 5.67. The maximum atomic E-state index is 12.1. The number of benzene rings is 1. The quantitative estimate of drug-likeness (QED) is 0.557. The van der Waals surface area contributed by atoms with Crippen LogP contribution in [-0.2, 0) is 4.79 Å². The van der Waals surface area contributed by atoms with E-state index in [-0.39, 0.29) is 11.2 Å². The molecule has 0 fully saturated rings. The van der Waals surface area contributed by atoms with Crippen molar-refractivity contribution >= 4 is 17.7 Å². The molecule has 0 radical (unpaired) electrons. The number of methoxy groups -OCH3 is 2. The van der Waals surface area contributed by atoms with Crippen molar-refractivity contribution in [2.24, 2.45) is 0 Å². The van der Waals surface area contributed by atoms with Crippen molar-refractivity contribution in [1.29, 1.82) is 0 Å². The summed E-state index contributed by atoms with van der Waals surface area (Å²) in [6.45, 7) is 3.58. The maximum Gasteiger partial charge on any atom is 0.233 e. The Labute approximate surface area is 137 Å². The van der Waals surface area contributed by atoms with E-state index in [0.717, 1.165) is 17.9 Å². The first-order valence-electron chi connectivity index (χ1n) is 7.29. The Morgan fingerprint density at radius 3 is 2.55 bits per heavy atom. The summed E-state index contributed by atoms with van der Waals surface area (Å²) in [5.74, 6) is 1.41. The number of thioether (sulfide) groups is 1. The second kappa shape index (κ2) is 9.58. The van der Waals surface area contributed by atoms with Crippen LogP contribution in [0.3, 0.4) is 0 Å². The molecule has 124 valence electrons. The third-order valence-electron chi connectivity index (χ3n) is 3.12. The SMILES string of the molecule is COc1ccc(S[C@@H](C)C(=O)NCCCN(C)C)cc1OC. The zero-order valence-corrected chi connectivity index (χ0v) is 14.8. The molecule has 1 amide bonds. The van der Waals surface area contributed by atoms with Crippen LogP contribution in [-0.4, -0.2) is 57.5 Å². The molecular formula is C16H26N2O3S. The molecule has 22 heavy (non-hydrogen) atoms. The van der Waals surface area contributed by atoms with E-state index < -0.39 is 0 Å². The summed E-state index contributed by atoms with van der Waals surface area (Å²) in [4.78, 5) is 15.2. The summed E-state index contributed by atoms with van der Waals surface area (Å²) >= 11 is 1.51. The minimum absolute atomic E-state index is 0.0542. The molecule has 1 aromatic carbocycles. The first-order valence-corrected chi connectivity index (χ1v) is 8.17. The first-order chi connectivity index (χ1) is 10.5. The fraction of sp³-hybridized carbons (Fsp3) is 0.562. The van der Waals surface area contributed by atoms with Crippen molar-refractivity contribution in [2.45, 2.75) is 23.5 Å². The third kappa shape index (κ3) is 6.15. The van der Waals surface area contributed by atoms with Crippen LogP contribution in [0.2, 0.25) is 0 Å². The molecule has 0 aliphatic heterocycles. The van der Waals surface area contributed by atoms with Crippen LogP contribution in [0.5, 0.6) is 11.5 Å². The summed E-state index contributed by atoms with van der Waals surface area (Å²) in [7, 11) is 7.26. The van der Waals surface area contributed by atoms with E-state index in [2.05, 4.69) is 10.2 Å². The largest absolute Gasteiger partial charge is 0.493 e. The fourth-order valence-electron chi connectivity index (χ4n) is 1.90. The maximum absolute atomic E-state index is 12.1. The van der Waals surface area contributed by atoms with Gasteiger partial charge in [0.2, 0.25) is 5.91 Å². The second-order valence-corrected chi connectivity index (χ2v) is 6.64. The number of ether oxygens (including phenoxy) is 2. The predicted molar refractivity (Wildman–Crippen MR) is 91.0 cm³/mol. The Morgan fingerprint density at radius 1 is 1.27 bits per heavy atom. The molecule has 1 atom stereocenters. The lowest BCUT2D eigenvalue weighted by Gasteiger charge is -2.14. The number of amides is 1. The van der Waals surface area contributed by atoms with Crippen LogP contribution in [0, 0.1) is 0 Å². The average molecular weight is 326 g/mol. The number of nitrogens with one attached hydrogen (secondary N) is 1. The lowest BCUT2D eigenvalue weighted by molar-refractivity contribution is -0.120. The average Bonchev–Trinajstić information content (AvgIpc) is 2.50. The highest BCUT2D eigenvalue weighted by atomic mass is 32.2. The molecule has 0 aromatic heterocycles. The molecule has 1 N–H and O–H groups in total. The van der Waals surface area contributed by atoms with Crippen LogP contribution in [0.4, 0.5) is 0 Å². The highest BCUT2D eigenvalue weighted by molar-refractivity contribution is 8.00. The van der Waals surface area contributed by atoms with Crippen LogP contribution < -0.4 is 14.8 Å². The Morgan fingerprint density at radius 2 is 1.95 bits per heavy atom. The van der Waals surface area contributed by atoms with Gasteiger partial charge in [-0.05, 0) is 52.2 Å². The zero-order chi connectivity index (χ0) is 16.5. The van der Waals surface area contributed by atoms with Crippen molar-refractivity contribution in [2.75, 3.05) is 41.4 Å². The van der Waals surface area contributed by atoms with Crippen LogP contribution >= 0.6 is 11.8 Å². The molecule has 0 heterocycles. The van der Waals surface area contributed by atoms with E-state index in [9.17, 15) is 4.79 Å². The standard InChI is InChI=1S/C16H26N2O3S/c1-12(16(19)17-9-6-10-18(2)3)22-13-7-8-14(20-4)15(11-13)21-5/h7-8,11-12H,6,9-10H2,1-5H3,(H,17,19)/t12-/m0/s1. The predicted octanol–water partition coefficient (Wildman–Crippen LogP) is 2.25. The summed E-state index contributed by atoms with van der Waals surface area (Å²) < 4.78 is 10.5. The van der Waals surface area contributed by atoms with Crippen molar-refractivity contribution in [1.82, 2.24) is 10.2 Å². The molecule has 6 heteroatoms. The van der Waals surface area contributed by atoms with Gasteiger partial charge in [-0.3, -0.25) is 4.79 Å². The molecule has 0 unspecified atom stereocenters. The van der Waals surface area contributed by atoms with Gasteiger partial charge >= 0.3 is 0 Å². The summed E-state index contributed by atoms with van der Waals surface area (Å²) in [5, 5.41) is 2.81. The number of nitrogens with zero attached hydrogens (tertiary/aromatic N) is 1. The van der Waals surface area contributed by atoms with Gasteiger partial charge < -0.3 is 19.7 Å². The van der Waals surface area contributed by atoms with Crippen LogP contribution in [0.1, 0.15) is 13.3 Å². The van der Waals surface area contributed by atoms with Crippen LogP contribution in [0.25, 0.3) is 0 Å². The molecule has 0 bridgehead atoms. The van der Waals surface area contributed by atoms with Gasteiger partial charge in [-0.1, -0.05) is 0 Å². The van der Waals surface area contributed by atoms with Gasteiger partial charge in [0.25, 0.3) is 0 Å². The van der Waals surface area contributed by atoms with Gasteiger partial charge in [-0.15, -0.1) is 11.8 Å². The normalized spacial score (nSPS) is 12.1. The molecule has 0 saturated carbocycles. The van der Waals surface area contributed by atoms with Crippen molar-refractivity contribution in [3.8, 4) is 11.5 Å². The lowest BCUT2D eigenvalue weighted by atomic mass is 10.3. The lowest BCUT2D eigenvalue weighted by Crippen LogP contribution is -2.32. The molecule has 1 rings (SSSR count). The van der Waals surface area contributed by atoms with E-state index in [1.54, 1.807) is 14.2 Å². The molecular weight excluding hydrogens is 300 g/mol. The van der Waals surface area contributed by atoms with Crippen LogP contribution in [0.15, 0.2) is 23.1 Å². The van der Waals surface area contributed by atoms with E-state index in [1.807, 2.05) is 39.2 Å². The fourth-order valence-corrected chi connectivity index (χ4v) is 2.82. The number of hydrogen-bond acceptors (Lipinski definition) is 5. The monoisotopic (exact) mass is 326 g/mol. The molecule has 0 aliphatic carbocycles. The molecule has 0 saturated heterocycles. The first kappa shape index (κ1) is 18.6. The number of carbonyl (C=O) groups is 1. The van der Waals surface area contributed by atoms with Crippen molar-refractivity contribution in [3.63, 3.8) is 0 Å². The minimum atomic E-state index is -0.155. The minimum Gasteiger partial charge on any atom is -0.493 e. The highest BCUT2D eigenvalue weighted by Crippen LogP contribution is 2.33. The number of rotatable bonds is 9. The summed E-state index contributed by atoms with van der Waals surface area (Å²) in [6.07, 6.45) is 0.951. The number of hydrogen-bond donors (Lipinski definition) is 1. The molecule has 0 aliphatic rings. The third-order valence-corrected chi connectivity index (χ3v) is 4.21. The summed E-state index contributed by atoms with van der Waals surface area (Å²) in [5.41, 5.74) is 0. The van der Waals surface area contributed by atoms with E-state index in [4.69, 9.17) is 9.47 Å².